The molecule has 0 saturated carbocycles. The highest BCUT2D eigenvalue weighted by molar-refractivity contribution is 5.88. The van der Waals surface area contributed by atoms with Crippen LogP contribution in [-0.2, 0) is 34.3 Å². The van der Waals surface area contributed by atoms with Crippen LogP contribution in [0.3, 0.4) is 0 Å². The molecule has 3 aromatic carbocycles. The lowest BCUT2D eigenvalue weighted by Gasteiger charge is -2.36. The fraction of sp³-hybridized carbons (Fsp3) is 0.321. The summed E-state index contributed by atoms with van der Waals surface area (Å²) in [5.74, 6) is 0.770. The van der Waals surface area contributed by atoms with Crippen LogP contribution in [0.5, 0.6) is 11.5 Å². The number of amides is 1. The van der Waals surface area contributed by atoms with E-state index in [-0.39, 0.29) is 12.5 Å². The van der Waals surface area contributed by atoms with Gasteiger partial charge in [0, 0.05) is 19.8 Å². The van der Waals surface area contributed by atoms with E-state index in [2.05, 4.69) is 5.32 Å². The molecule has 1 N–H and O–H groups in total. The monoisotopic (exact) mass is 499 g/mol. The first kappa shape index (κ1) is 25.6. The summed E-state index contributed by atoms with van der Waals surface area (Å²) in [6.45, 7) is 1.17. The van der Waals surface area contributed by atoms with E-state index in [1.54, 1.807) is 18.2 Å². The van der Waals surface area contributed by atoms with Gasteiger partial charge in [-0.05, 0) is 47.7 Å². The molecule has 0 radical (unpaired) electrons. The molecule has 36 heavy (non-hydrogen) atoms. The minimum Gasteiger partial charge on any atom is -0.493 e. The maximum atomic E-state index is 13.4. The highest BCUT2D eigenvalue weighted by atomic mass is 19.4. The Balaban J connectivity index is 1.48. The Hall–Kier alpha value is -3.52. The topological polar surface area (TPSA) is 56.8 Å². The molecular weight excluding hydrogens is 471 g/mol. The summed E-state index contributed by atoms with van der Waals surface area (Å²) >= 11 is 0. The van der Waals surface area contributed by atoms with Gasteiger partial charge in [-0.25, -0.2) is 0 Å². The van der Waals surface area contributed by atoms with Gasteiger partial charge in [0.25, 0.3) is 0 Å². The number of halogens is 3. The van der Waals surface area contributed by atoms with Crippen molar-refractivity contribution in [1.29, 1.82) is 0 Å². The number of methoxy groups -OCH3 is 1. The van der Waals surface area contributed by atoms with Crippen molar-refractivity contribution in [2.24, 2.45) is 0 Å². The average Bonchev–Trinajstić information content (AvgIpc) is 2.91. The maximum Gasteiger partial charge on any atom is 0.416 e. The number of hydrogen-bond donors (Lipinski definition) is 1. The van der Waals surface area contributed by atoms with Crippen molar-refractivity contribution in [3.63, 3.8) is 0 Å². The van der Waals surface area contributed by atoms with Crippen molar-refractivity contribution in [2.45, 2.75) is 37.6 Å². The molecule has 1 fully saturated rings. The molecule has 4 rings (SSSR count). The molecule has 0 aromatic heterocycles. The quantitative estimate of drug-likeness (QED) is 0.435. The maximum absolute atomic E-state index is 13.4. The molecule has 8 heteroatoms. The number of nitrogens with one attached hydrogen (secondary N) is 1. The minimum absolute atomic E-state index is 0.190. The normalized spacial score (nSPS) is 15.2. The Bertz CT molecular complexity index is 1170. The summed E-state index contributed by atoms with van der Waals surface area (Å²) in [5.41, 5.74) is 0.281. The Morgan fingerprint density at radius 1 is 0.944 bits per heavy atom. The Labute approximate surface area is 208 Å². The molecule has 0 bridgehead atoms. The van der Waals surface area contributed by atoms with Gasteiger partial charge in [-0.15, -0.1) is 0 Å². The van der Waals surface area contributed by atoms with Crippen LogP contribution in [0.15, 0.2) is 72.8 Å². The second kappa shape index (κ2) is 11.0. The number of alkyl halides is 3. The second-order valence-electron chi connectivity index (χ2n) is 8.72. The molecule has 3 aromatic rings. The molecule has 1 saturated heterocycles. The summed E-state index contributed by atoms with van der Waals surface area (Å²) in [6.07, 6.45) is -3.88. The van der Waals surface area contributed by atoms with E-state index in [1.807, 2.05) is 36.4 Å². The van der Waals surface area contributed by atoms with Crippen molar-refractivity contribution in [3.8, 4) is 11.5 Å². The van der Waals surface area contributed by atoms with Gasteiger partial charge < -0.3 is 19.5 Å². The van der Waals surface area contributed by atoms with Crippen LogP contribution >= 0.6 is 0 Å². The van der Waals surface area contributed by atoms with E-state index >= 15 is 0 Å². The van der Waals surface area contributed by atoms with Crippen molar-refractivity contribution in [1.82, 2.24) is 5.32 Å². The number of benzene rings is 3. The molecule has 0 atom stereocenters. The first-order valence-corrected chi connectivity index (χ1v) is 11.7. The number of carbonyl (C=O) groups excluding carboxylic acids is 1. The molecule has 0 unspecified atom stereocenters. The Morgan fingerprint density at radius 3 is 2.39 bits per heavy atom. The lowest BCUT2D eigenvalue weighted by molar-refractivity contribution is -0.138. The van der Waals surface area contributed by atoms with Gasteiger partial charge in [-0.1, -0.05) is 54.6 Å². The minimum atomic E-state index is -4.49. The summed E-state index contributed by atoms with van der Waals surface area (Å²) in [5, 5.41) is 2.92. The average molecular weight is 500 g/mol. The van der Waals surface area contributed by atoms with Crippen molar-refractivity contribution in [3.05, 3.63) is 95.1 Å². The van der Waals surface area contributed by atoms with Gasteiger partial charge >= 0.3 is 6.18 Å². The predicted molar refractivity (Wildman–Crippen MR) is 129 cm³/mol. The van der Waals surface area contributed by atoms with Crippen LogP contribution in [-0.4, -0.2) is 26.2 Å². The lowest BCUT2D eigenvalue weighted by atomic mass is 9.73. The summed E-state index contributed by atoms with van der Waals surface area (Å²) in [4.78, 5) is 13.4. The van der Waals surface area contributed by atoms with E-state index in [9.17, 15) is 18.0 Å². The zero-order valence-corrected chi connectivity index (χ0v) is 19.9. The summed E-state index contributed by atoms with van der Waals surface area (Å²) < 4.78 is 56.8. The lowest BCUT2D eigenvalue weighted by Crippen LogP contribution is -2.47. The third-order valence-corrected chi connectivity index (χ3v) is 6.44. The third kappa shape index (κ3) is 5.82. The predicted octanol–water partition coefficient (Wildman–Crippen LogP) is 5.66. The molecular formula is C28H28F3NO4. The zero-order valence-electron chi connectivity index (χ0n) is 19.9. The van der Waals surface area contributed by atoms with Gasteiger partial charge in [-0.3, -0.25) is 4.79 Å². The molecule has 1 aliphatic rings. The van der Waals surface area contributed by atoms with Gasteiger partial charge in [0.05, 0.1) is 18.1 Å². The molecule has 1 heterocycles. The SMILES string of the molecule is COc1cc(CNC(=O)C2(c3cccc(C(F)(F)F)c3)CCOCC2)ccc1OCc1ccccc1. The van der Waals surface area contributed by atoms with Crippen LogP contribution in [0.4, 0.5) is 13.2 Å². The molecule has 190 valence electrons. The summed E-state index contributed by atoms with van der Waals surface area (Å²) in [6, 6.07) is 20.1. The first-order chi connectivity index (χ1) is 17.3. The van der Waals surface area contributed by atoms with E-state index in [4.69, 9.17) is 14.2 Å². The van der Waals surface area contributed by atoms with E-state index in [0.717, 1.165) is 23.3 Å². The first-order valence-electron chi connectivity index (χ1n) is 11.7. The van der Waals surface area contributed by atoms with Gasteiger partial charge in [0.2, 0.25) is 5.91 Å². The van der Waals surface area contributed by atoms with Crippen LogP contribution in [0.1, 0.15) is 35.1 Å². The highest BCUT2D eigenvalue weighted by Crippen LogP contribution is 2.38. The fourth-order valence-electron chi connectivity index (χ4n) is 4.39. The molecule has 0 spiro atoms. The fourth-order valence-corrected chi connectivity index (χ4v) is 4.39. The molecule has 5 nitrogen and oxygen atoms in total. The third-order valence-electron chi connectivity index (χ3n) is 6.44. The standard InChI is InChI=1S/C28H28F3NO4/c1-34-25-16-21(10-11-24(25)36-19-20-6-3-2-4-7-20)18-32-26(33)27(12-14-35-15-13-27)22-8-5-9-23(17-22)28(29,30)31/h2-11,16-17H,12-15,18-19H2,1H3,(H,32,33). The smallest absolute Gasteiger partial charge is 0.416 e. The van der Waals surface area contributed by atoms with Gasteiger partial charge in [0.15, 0.2) is 11.5 Å². The van der Waals surface area contributed by atoms with E-state index in [1.165, 1.54) is 13.2 Å². The van der Waals surface area contributed by atoms with E-state index in [0.29, 0.717) is 49.7 Å². The Kier molecular flexibility index (Phi) is 7.84. The number of rotatable bonds is 8. The largest absolute Gasteiger partial charge is 0.493 e. The Morgan fingerprint density at radius 2 is 1.69 bits per heavy atom. The highest BCUT2D eigenvalue weighted by Gasteiger charge is 2.43. The number of carbonyl (C=O) groups is 1. The number of ether oxygens (including phenoxy) is 3. The van der Waals surface area contributed by atoms with Gasteiger partial charge in [-0.2, -0.15) is 13.2 Å². The molecule has 1 aliphatic heterocycles. The van der Waals surface area contributed by atoms with Crippen LogP contribution in [0.25, 0.3) is 0 Å². The molecule has 0 aliphatic carbocycles. The van der Waals surface area contributed by atoms with Crippen molar-refractivity contribution < 1.29 is 32.2 Å². The van der Waals surface area contributed by atoms with Gasteiger partial charge in [0.1, 0.15) is 6.61 Å². The van der Waals surface area contributed by atoms with Crippen LogP contribution < -0.4 is 14.8 Å². The van der Waals surface area contributed by atoms with Crippen molar-refractivity contribution >= 4 is 5.91 Å². The molecule has 1 amide bonds. The summed E-state index contributed by atoms with van der Waals surface area (Å²) in [7, 11) is 1.54. The number of hydrogen-bond acceptors (Lipinski definition) is 4. The second-order valence-corrected chi connectivity index (χ2v) is 8.72. The van der Waals surface area contributed by atoms with Crippen LogP contribution in [0.2, 0.25) is 0 Å². The van der Waals surface area contributed by atoms with E-state index < -0.39 is 17.2 Å². The van der Waals surface area contributed by atoms with Crippen LogP contribution in [0, 0.1) is 0 Å². The zero-order chi connectivity index (χ0) is 25.6. The van der Waals surface area contributed by atoms with Crippen molar-refractivity contribution in [2.75, 3.05) is 20.3 Å².